The molecule has 0 bridgehead atoms. The number of hydrogen-bond donors (Lipinski definition) is 1. The van der Waals surface area contributed by atoms with Crippen LogP contribution in [0.4, 0.5) is 0 Å². The van der Waals surface area contributed by atoms with E-state index in [9.17, 15) is 14.4 Å². The fourth-order valence-corrected chi connectivity index (χ4v) is 3.36. The summed E-state index contributed by atoms with van der Waals surface area (Å²) in [5.41, 5.74) is 1.12. The van der Waals surface area contributed by atoms with Gasteiger partial charge >= 0.3 is 0 Å². The number of nitrogens with one attached hydrogen (secondary N) is 1. The van der Waals surface area contributed by atoms with Gasteiger partial charge in [-0.1, -0.05) is 48.5 Å². The number of amides is 2. The van der Waals surface area contributed by atoms with Crippen molar-refractivity contribution in [2.75, 3.05) is 13.1 Å². The summed E-state index contributed by atoms with van der Waals surface area (Å²) in [6, 6.07) is 16.6. The van der Waals surface area contributed by atoms with E-state index in [1.165, 1.54) is 0 Å². The molecule has 0 aliphatic carbocycles. The zero-order valence-electron chi connectivity index (χ0n) is 17.3. The van der Waals surface area contributed by atoms with Crippen LogP contribution in [0.5, 0.6) is 0 Å². The molecule has 0 saturated heterocycles. The first-order chi connectivity index (χ1) is 14.5. The predicted octanol–water partition coefficient (Wildman–Crippen LogP) is 2.12. The molecule has 3 aromatic rings. The first kappa shape index (κ1) is 21.2. The van der Waals surface area contributed by atoms with Gasteiger partial charge in [0.25, 0.3) is 5.56 Å². The van der Waals surface area contributed by atoms with Crippen LogP contribution in [-0.4, -0.2) is 39.6 Å². The second kappa shape index (κ2) is 9.82. The summed E-state index contributed by atoms with van der Waals surface area (Å²) in [6.07, 6.45) is 0.0775. The van der Waals surface area contributed by atoms with E-state index in [2.05, 4.69) is 10.4 Å². The Morgan fingerprint density at radius 1 is 0.967 bits per heavy atom. The second-order valence-corrected chi connectivity index (χ2v) is 6.96. The van der Waals surface area contributed by atoms with E-state index in [0.717, 1.165) is 10.2 Å². The molecule has 0 saturated carbocycles. The quantitative estimate of drug-likeness (QED) is 0.621. The lowest BCUT2D eigenvalue weighted by Crippen LogP contribution is -2.35. The summed E-state index contributed by atoms with van der Waals surface area (Å²) in [4.78, 5) is 39.6. The van der Waals surface area contributed by atoms with E-state index in [-0.39, 0.29) is 30.3 Å². The number of aromatic nitrogens is 2. The van der Waals surface area contributed by atoms with Crippen LogP contribution in [-0.2, 0) is 29.1 Å². The molecule has 0 unspecified atom stereocenters. The summed E-state index contributed by atoms with van der Waals surface area (Å²) in [5, 5.41) is 8.28. The largest absolute Gasteiger partial charge is 0.350 e. The third kappa shape index (κ3) is 4.92. The lowest BCUT2D eigenvalue weighted by molar-refractivity contribution is -0.130. The van der Waals surface area contributed by atoms with Crippen LogP contribution in [0.3, 0.4) is 0 Å². The Labute approximate surface area is 175 Å². The number of carbonyl (C=O) groups is 2. The molecule has 1 aromatic heterocycles. The summed E-state index contributed by atoms with van der Waals surface area (Å²) in [6.45, 7) is 5.22. The average Bonchev–Trinajstić information content (AvgIpc) is 2.77. The highest BCUT2D eigenvalue weighted by molar-refractivity contribution is 5.88. The number of carbonyl (C=O) groups excluding carboxylic acids is 2. The van der Waals surface area contributed by atoms with Gasteiger partial charge in [-0.2, -0.15) is 5.10 Å². The van der Waals surface area contributed by atoms with E-state index < -0.39 is 0 Å². The average molecular weight is 406 g/mol. The maximum absolute atomic E-state index is 12.8. The van der Waals surface area contributed by atoms with Gasteiger partial charge in [0.05, 0.1) is 17.5 Å². The van der Waals surface area contributed by atoms with Crippen molar-refractivity contribution in [3.63, 3.8) is 0 Å². The zero-order valence-corrected chi connectivity index (χ0v) is 17.3. The molecule has 156 valence electrons. The Morgan fingerprint density at radius 3 is 2.27 bits per heavy atom. The normalized spacial score (nSPS) is 10.7. The number of fused-ring (bicyclic) bond motifs is 1. The standard InChI is InChI=1S/C23H26N4O3/c1-3-26(4-2)22(29)14-20-18-12-8-9-13-19(18)23(30)27(25-20)16-21(28)24-15-17-10-6-5-7-11-17/h5-13H,3-4,14-16H2,1-2H3,(H,24,28). The molecule has 2 aromatic carbocycles. The summed E-state index contributed by atoms with van der Waals surface area (Å²) < 4.78 is 1.15. The Bertz CT molecular complexity index is 1090. The lowest BCUT2D eigenvalue weighted by Gasteiger charge is -2.19. The molecular formula is C23H26N4O3. The monoisotopic (exact) mass is 406 g/mol. The van der Waals surface area contributed by atoms with Gasteiger partial charge < -0.3 is 10.2 Å². The molecular weight excluding hydrogens is 380 g/mol. The Hall–Kier alpha value is -3.48. The van der Waals surface area contributed by atoms with Gasteiger partial charge in [0, 0.05) is 25.0 Å². The maximum atomic E-state index is 12.8. The Kier molecular flexibility index (Phi) is 6.95. The molecule has 0 fully saturated rings. The van der Waals surface area contributed by atoms with Crippen molar-refractivity contribution in [2.24, 2.45) is 0 Å². The highest BCUT2D eigenvalue weighted by Gasteiger charge is 2.17. The van der Waals surface area contributed by atoms with Crippen molar-refractivity contribution in [3.05, 3.63) is 76.2 Å². The molecule has 0 atom stereocenters. The van der Waals surface area contributed by atoms with Gasteiger partial charge in [-0.25, -0.2) is 4.68 Å². The molecule has 0 aliphatic heterocycles. The predicted molar refractivity (Wildman–Crippen MR) is 116 cm³/mol. The van der Waals surface area contributed by atoms with E-state index in [1.54, 1.807) is 23.1 Å². The smallest absolute Gasteiger partial charge is 0.275 e. The summed E-state index contributed by atoms with van der Waals surface area (Å²) in [5.74, 6) is -0.374. The molecule has 0 radical (unpaired) electrons. The third-order valence-electron chi connectivity index (χ3n) is 5.00. The highest BCUT2D eigenvalue weighted by atomic mass is 16.2. The first-order valence-corrected chi connectivity index (χ1v) is 10.1. The maximum Gasteiger partial charge on any atom is 0.275 e. The van der Waals surface area contributed by atoms with Crippen LogP contribution in [0.15, 0.2) is 59.4 Å². The van der Waals surface area contributed by atoms with Crippen LogP contribution in [0.2, 0.25) is 0 Å². The summed E-state index contributed by atoms with van der Waals surface area (Å²) in [7, 11) is 0. The number of benzene rings is 2. The molecule has 7 heteroatoms. The second-order valence-electron chi connectivity index (χ2n) is 6.96. The molecule has 0 spiro atoms. The Balaban J connectivity index is 1.85. The number of nitrogens with zero attached hydrogens (tertiary/aromatic N) is 3. The number of hydrogen-bond acceptors (Lipinski definition) is 4. The van der Waals surface area contributed by atoms with Crippen LogP contribution in [0.25, 0.3) is 10.8 Å². The van der Waals surface area contributed by atoms with Crippen LogP contribution in [0, 0.1) is 0 Å². The van der Waals surface area contributed by atoms with E-state index in [1.807, 2.05) is 50.2 Å². The molecule has 1 N–H and O–H groups in total. The van der Waals surface area contributed by atoms with Crippen molar-refractivity contribution in [1.29, 1.82) is 0 Å². The van der Waals surface area contributed by atoms with Crippen molar-refractivity contribution in [1.82, 2.24) is 20.0 Å². The van der Waals surface area contributed by atoms with Gasteiger partial charge in [0.1, 0.15) is 6.54 Å². The highest BCUT2D eigenvalue weighted by Crippen LogP contribution is 2.14. The fourth-order valence-electron chi connectivity index (χ4n) is 3.36. The van der Waals surface area contributed by atoms with Crippen molar-refractivity contribution in [3.8, 4) is 0 Å². The summed E-state index contributed by atoms with van der Waals surface area (Å²) >= 11 is 0. The number of rotatable bonds is 8. The van der Waals surface area contributed by atoms with Gasteiger partial charge in [0.15, 0.2) is 0 Å². The van der Waals surface area contributed by atoms with E-state index in [0.29, 0.717) is 36.1 Å². The third-order valence-corrected chi connectivity index (χ3v) is 5.00. The van der Waals surface area contributed by atoms with Crippen molar-refractivity contribution < 1.29 is 9.59 Å². The topological polar surface area (TPSA) is 84.3 Å². The minimum Gasteiger partial charge on any atom is -0.350 e. The van der Waals surface area contributed by atoms with Gasteiger partial charge in [-0.05, 0) is 25.5 Å². The molecule has 2 amide bonds. The minimum absolute atomic E-state index is 0.0589. The number of likely N-dealkylation sites (N-methyl/N-ethyl adjacent to an activating group) is 1. The SMILES string of the molecule is CCN(CC)C(=O)Cc1nn(CC(=O)NCc2ccccc2)c(=O)c2ccccc12. The molecule has 0 aliphatic rings. The Morgan fingerprint density at radius 2 is 1.60 bits per heavy atom. The first-order valence-electron chi connectivity index (χ1n) is 10.1. The molecule has 3 rings (SSSR count). The molecule has 7 nitrogen and oxygen atoms in total. The molecule has 1 heterocycles. The van der Waals surface area contributed by atoms with Crippen LogP contribution < -0.4 is 10.9 Å². The van der Waals surface area contributed by atoms with Gasteiger partial charge in [-0.15, -0.1) is 0 Å². The van der Waals surface area contributed by atoms with Gasteiger partial charge in [-0.3, -0.25) is 14.4 Å². The minimum atomic E-state index is -0.348. The zero-order chi connectivity index (χ0) is 21.5. The van der Waals surface area contributed by atoms with Gasteiger partial charge in [0.2, 0.25) is 11.8 Å². The lowest BCUT2D eigenvalue weighted by atomic mass is 10.1. The van der Waals surface area contributed by atoms with Crippen molar-refractivity contribution in [2.45, 2.75) is 33.4 Å². The fraction of sp³-hybridized carbons (Fsp3) is 0.304. The molecule has 30 heavy (non-hydrogen) atoms. The van der Waals surface area contributed by atoms with Crippen molar-refractivity contribution >= 4 is 22.6 Å². The van der Waals surface area contributed by atoms with Crippen LogP contribution in [0.1, 0.15) is 25.1 Å². The van der Waals surface area contributed by atoms with E-state index >= 15 is 0 Å². The van der Waals surface area contributed by atoms with E-state index in [4.69, 9.17) is 0 Å². The van der Waals surface area contributed by atoms with Crippen LogP contribution >= 0.6 is 0 Å².